The first-order chi connectivity index (χ1) is 8.79. The van der Waals surface area contributed by atoms with Crippen LogP contribution >= 0.6 is 0 Å². The topological polar surface area (TPSA) is 56.1 Å². The molecule has 0 unspecified atom stereocenters. The molecule has 2 rings (SSSR count). The zero-order chi connectivity index (χ0) is 12.8. The van der Waals surface area contributed by atoms with Crippen LogP contribution in [0, 0.1) is 0 Å². The van der Waals surface area contributed by atoms with E-state index in [4.69, 9.17) is 4.74 Å². The van der Waals surface area contributed by atoms with Crippen LogP contribution in [0.2, 0.25) is 0 Å². The summed E-state index contributed by atoms with van der Waals surface area (Å²) in [5.41, 5.74) is 0.677. The molecule has 2 aromatic rings. The average molecular weight is 245 g/mol. The van der Waals surface area contributed by atoms with E-state index in [0.717, 1.165) is 0 Å². The van der Waals surface area contributed by atoms with Gasteiger partial charge in [0.15, 0.2) is 0 Å². The Hall–Kier alpha value is -2.30. The molecule has 0 aliphatic rings. The van der Waals surface area contributed by atoms with Crippen molar-refractivity contribution in [2.24, 2.45) is 0 Å². The summed E-state index contributed by atoms with van der Waals surface area (Å²) in [5, 5.41) is 6.79. The van der Waals surface area contributed by atoms with Gasteiger partial charge in [-0.15, -0.1) is 0 Å². The Labute approximate surface area is 105 Å². The molecule has 0 aliphatic carbocycles. The molecular formula is C13H15N3O2. The normalized spacial score (nSPS) is 10.1. The second-order valence-electron chi connectivity index (χ2n) is 3.68. The van der Waals surface area contributed by atoms with Crippen molar-refractivity contribution < 1.29 is 9.53 Å². The Morgan fingerprint density at radius 2 is 2.22 bits per heavy atom. The Balaban J connectivity index is 2.02. The van der Waals surface area contributed by atoms with Gasteiger partial charge in [0, 0.05) is 12.4 Å². The molecule has 0 atom stereocenters. The minimum absolute atomic E-state index is 0.133. The number of para-hydroxylation sites is 2. The van der Waals surface area contributed by atoms with E-state index < -0.39 is 0 Å². The first-order valence-corrected chi connectivity index (χ1v) is 5.78. The molecule has 5 nitrogen and oxygen atoms in total. The first-order valence-electron chi connectivity index (χ1n) is 5.78. The number of hydrogen-bond acceptors (Lipinski definition) is 3. The summed E-state index contributed by atoms with van der Waals surface area (Å²) in [6, 6.07) is 9.14. The highest BCUT2D eigenvalue weighted by Crippen LogP contribution is 2.23. The Morgan fingerprint density at radius 3 is 2.94 bits per heavy atom. The van der Waals surface area contributed by atoms with Crippen LogP contribution < -0.4 is 10.1 Å². The number of amides is 1. The van der Waals surface area contributed by atoms with E-state index in [-0.39, 0.29) is 12.5 Å². The number of anilines is 1. The van der Waals surface area contributed by atoms with Crippen molar-refractivity contribution in [2.45, 2.75) is 13.5 Å². The molecule has 1 heterocycles. The first kappa shape index (κ1) is 12.2. The predicted octanol–water partition coefficient (Wildman–Crippen LogP) is 1.92. The average Bonchev–Trinajstić information content (AvgIpc) is 2.84. The van der Waals surface area contributed by atoms with Crippen LogP contribution in [-0.2, 0) is 11.3 Å². The molecule has 18 heavy (non-hydrogen) atoms. The van der Waals surface area contributed by atoms with Crippen molar-refractivity contribution in [2.75, 3.05) is 11.9 Å². The van der Waals surface area contributed by atoms with Crippen LogP contribution in [0.1, 0.15) is 6.92 Å². The molecule has 0 bridgehead atoms. The summed E-state index contributed by atoms with van der Waals surface area (Å²) in [4.78, 5) is 11.8. The largest absolute Gasteiger partial charge is 0.492 e. The summed E-state index contributed by atoms with van der Waals surface area (Å²) in [5.74, 6) is 0.541. The van der Waals surface area contributed by atoms with E-state index in [0.29, 0.717) is 18.0 Å². The number of nitrogens with zero attached hydrogens (tertiary/aromatic N) is 2. The maximum Gasteiger partial charge on any atom is 0.246 e. The molecule has 1 aromatic carbocycles. The smallest absolute Gasteiger partial charge is 0.246 e. The van der Waals surface area contributed by atoms with Gasteiger partial charge >= 0.3 is 0 Å². The lowest BCUT2D eigenvalue weighted by atomic mass is 10.3. The number of rotatable bonds is 5. The highest BCUT2D eigenvalue weighted by Gasteiger charge is 2.07. The third kappa shape index (κ3) is 3.10. The van der Waals surface area contributed by atoms with Crippen molar-refractivity contribution in [3.8, 4) is 5.75 Å². The van der Waals surface area contributed by atoms with Crippen LogP contribution in [-0.4, -0.2) is 22.3 Å². The molecule has 5 heteroatoms. The molecule has 0 fully saturated rings. The fourth-order valence-corrected chi connectivity index (χ4v) is 1.58. The number of hydrogen-bond donors (Lipinski definition) is 1. The number of carbonyl (C=O) groups excluding carboxylic acids is 1. The number of carbonyl (C=O) groups is 1. The van der Waals surface area contributed by atoms with Crippen LogP contribution in [0.25, 0.3) is 0 Å². The molecule has 0 saturated heterocycles. The minimum Gasteiger partial charge on any atom is -0.492 e. The zero-order valence-corrected chi connectivity index (χ0v) is 10.2. The van der Waals surface area contributed by atoms with E-state index >= 15 is 0 Å². The SMILES string of the molecule is CCOc1ccccc1NC(=O)Cn1cccn1. The summed E-state index contributed by atoms with van der Waals surface area (Å²) in [6.07, 6.45) is 3.38. The fourth-order valence-electron chi connectivity index (χ4n) is 1.58. The molecule has 94 valence electrons. The van der Waals surface area contributed by atoms with Crippen molar-refractivity contribution in [1.82, 2.24) is 9.78 Å². The van der Waals surface area contributed by atoms with Gasteiger partial charge in [0.25, 0.3) is 0 Å². The number of ether oxygens (including phenoxy) is 1. The quantitative estimate of drug-likeness (QED) is 0.875. The molecule has 1 N–H and O–H groups in total. The van der Waals surface area contributed by atoms with Crippen molar-refractivity contribution in [3.05, 3.63) is 42.7 Å². The maximum absolute atomic E-state index is 11.8. The summed E-state index contributed by atoms with van der Waals surface area (Å²) >= 11 is 0. The van der Waals surface area contributed by atoms with Gasteiger partial charge in [-0.3, -0.25) is 9.48 Å². The Kier molecular flexibility index (Phi) is 3.96. The van der Waals surface area contributed by atoms with Gasteiger partial charge in [0.05, 0.1) is 12.3 Å². The van der Waals surface area contributed by atoms with Crippen LogP contribution in [0.5, 0.6) is 5.75 Å². The van der Waals surface area contributed by atoms with Gasteiger partial charge in [-0.05, 0) is 25.1 Å². The monoisotopic (exact) mass is 245 g/mol. The van der Waals surface area contributed by atoms with Crippen LogP contribution in [0.3, 0.4) is 0 Å². The summed E-state index contributed by atoms with van der Waals surface area (Å²) in [6.45, 7) is 2.65. The van der Waals surface area contributed by atoms with E-state index in [1.54, 1.807) is 23.1 Å². The molecule has 0 spiro atoms. The number of benzene rings is 1. The maximum atomic E-state index is 11.8. The number of aromatic nitrogens is 2. The second-order valence-corrected chi connectivity index (χ2v) is 3.68. The molecule has 1 aromatic heterocycles. The van der Waals surface area contributed by atoms with E-state index in [1.165, 1.54) is 0 Å². The Bertz CT molecular complexity index is 509. The van der Waals surface area contributed by atoms with Gasteiger partial charge < -0.3 is 10.1 Å². The van der Waals surface area contributed by atoms with E-state index in [1.807, 2.05) is 31.2 Å². The lowest BCUT2D eigenvalue weighted by molar-refractivity contribution is -0.116. The van der Waals surface area contributed by atoms with Gasteiger partial charge in [0.2, 0.25) is 5.91 Å². The lowest BCUT2D eigenvalue weighted by Gasteiger charge is -2.11. The van der Waals surface area contributed by atoms with Gasteiger partial charge in [0.1, 0.15) is 12.3 Å². The summed E-state index contributed by atoms with van der Waals surface area (Å²) < 4.78 is 7.00. The van der Waals surface area contributed by atoms with Gasteiger partial charge in [-0.1, -0.05) is 12.1 Å². The van der Waals surface area contributed by atoms with Crippen LogP contribution in [0.4, 0.5) is 5.69 Å². The van der Waals surface area contributed by atoms with Crippen molar-refractivity contribution >= 4 is 11.6 Å². The molecular weight excluding hydrogens is 230 g/mol. The molecule has 0 radical (unpaired) electrons. The standard InChI is InChI=1S/C13H15N3O2/c1-2-18-12-7-4-3-6-11(12)15-13(17)10-16-9-5-8-14-16/h3-9H,2,10H2,1H3,(H,15,17). The highest BCUT2D eigenvalue weighted by atomic mass is 16.5. The van der Waals surface area contributed by atoms with Gasteiger partial charge in [-0.25, -0.2) is 0 Å². The van der Waals surface area contributed by atoms with E-state index in [2.05, 4.69) is 10.4 Å². The molecule has 0 saturated carbocycles. The van der Waals surface area contributed by atoms with E-state index in [9.17, 15) is 4.79 Å². The number of nitrogens with one attached hydrogen (secondary N) is 1. The fraction of sp³-hybridized carbons (Fsp3) is 0.231. The third-order valence-corrected chi connectivity index (χ3v) is 2.33. The summed E-state index contributed by atoms with van der Waals surface area (Å²) in [7, 11) is 0. The van der Waals surface area contributed by atoms with Crippen LogP contribution in [0.15, 0.2) is 42.7 Å². The Morgan fingerprint density at radius 1 is 1.39 bits per heavy atom. The lowest BCUT2D eigenvalue weighted by Crippen LogP contribution is -2.19. The third-order valence-electron chi connectivity index (χ3n) is 2.33. The second kappa shape index (κ2) is 5.86. The minimum atomic E-state index is -0.133. The van der Waals surface area contributed by atoms with Gasteiger partial charge in [-0.2, -0.15) is 5.10 Å². The van der Waals surface area contributed by atoms with Crippen molar-refractivity contribution in [1.29, 1.82) is 0 Å². The molecule has 0 aliphatic heterocycles. The predicted molar refractivity (Wildman–Crippen MR) is 68.5 cm³/mol. The van der Waals surface area contributed by atoms with Crippen molar-refractivity contribution in [3.63, 3.8) is 0 Å². The zero-order valence-electron chi connectivity index (χ0n) is 10.2. The highest BCUT2D eigenvalue weighted by molar-refractivity contribution is 5.92. The molecule has 1 amide bonds.